The zero-order chi connectivity index (χ0) is 16.8. The second-order valence-corrected chi connectivity index (χ2v) is 6.21. The number of nitrogens with zero attached hydrogens (tertiary/aromatic N) is 1. The summed E-state index contributed by atoms with van der Waals surface area (Å²) in [5.41, 5.74) is 3.44. The zero-order valence-corrected chi connectivity index (χ0v) is 14.3. The Kier molecular flexibility index (Phi) is 6.02. The fourth-order valence-electron chi connectivity index (χ4n) is 3.02. The summed E-state index contributed by atoms with van der Waals surface area (Å²) in [5, 5.41) is 5.73. The Bertz CT molecular complexity index is 571. The van der Waals surface area contributed by atoms with Crippen molar-refractivity contribution in [1.82, 2.24) is 10.6 Å². The molecule has 1 aromatic carbocycles. The Hall–Kier alpha value is -2.04. The van der Waals surface area contributed by atoms with Crippen molar-refractivity contribution in [3.8, 4) is 0 Å². The maximum atomic E-state index is 12.4. The number of anilines is 1. The van der Waals surface area contributed by atoms with Crippen LogP contribution in [0.5, 0.6) is 0 Å². The minimum Gasteiger partial charge on any atom is -0.362 e. The third-order valence-corrected chi connectivity index (χ3v) is 4.28. The first-order valence-corrected chi connectivity index (χ1v) is 8.40. The fraction of sp³-hybridized carbons (Fsp3) is 0.556. The van der Waals surface area contributed by atoms with E-state index < -0.39 is 6.04 Å². The Morgan fingerprint density at radius 3 is 2.83 bits per heavy atom. The summed E-state index contributed by atoms with van der Waals surface area (Å²) >= 11 is 0. The van der Waals surface area contributed by atoms with E-state index in [0.29, 0.717) is 13.0 Å². The number of benzene rings is 1. The van der Waals surface area contributed by atoms with Crippen molar-refractivity contribution in [2.45, 2.75) is 46.1 Å². The molecule has 126 valence electrons. The predicted octanol–water partition coefficient (Wildman–Crippen LogP) is 1.91. The van der Waals surface area contributed by atoms with E-state index >= 15 is 0 Å². The highest BCUT2D eigenvalue weighted by molar-refractivity contribution is 5.89. The summed E-state index contributed by atoms with van der Waals surface area (Å²) in [7, 11) is 0. The van der Waals surface area contributed by atoms with Crippen LogP contribution in [0.4, 0.5) is 5.69 Å². The molecule has 1 fully saturated rings. The molecule has 1 aliphatic heterocycles. The number of carbonyl (C=O) groups is 2. The summed E-state index contributed by atoms with van der Waals surface area (Å²) in [6.45, 7) is 7.87. The number of amides is 2. The van der Waals surface area contributed by atoms with Gasteiger partial charge in [0.2, 0.25) is 11.8 Å². The van der Waals surface area contributed by atoms with E-state index in [-0.39, 0.29) is 18.4 Å². The van der Waals surface area contributed by atoms with Gasteiger partial charge in [-0.1, -0.05) is 17.7 Å². The smallest absolute Gasteiger partial charge is 0.242 e. The van der Waals surface area contributed by atoms with E-state index in [1.165, 1.54) is 5.56 Å². The first-order chi connectivity index (χ1) is 11.0. The average molecular weight is 317 g/mol. The highest BCUT2D eigenvalue weighted by Gasteiger charge is 2.23. The van der Waals surface area contributed by atoms with Crippen LogP contribution in [0.15, 0.2) is 18.2 Å². The maximum absolute atomic E-state index is 12.4. The molecular weight excluding hydrogens is 290 g/mol. The molecule has 2 rings (SSSR count). The van der Waals surface area contributed by atoms with Crippen molar-refractivity contribution in [3.63, 3.8) is 0 Å². The summed E-state index contributed by atoms with van der Waals surface area (Å²) < 4.78 is 0. The molecule has 1 heterocycles. The molecule has 1 aromatic rings. The number of likely N-dealkylation sites (N-methyl/N-ethyl adjacent to an activating group) is 1. The summed E-state index contributed by atoms with van der Waals surface area (Å²) in [5.74, 6) is -0.167. The van der Waals surface area contributed by atoms with Gasteiger partial charge in [0.05, 0.1) is 6.54 Å². The van der Waals surface area contributed by atoms with Gasteiger partial charge in [0.25, 0.3) is 0 Å². The van der Waals surface area contributed by atoms with Gasteiger partial charge in [-0.15, -0.1) is 0 Å². The van der Waals surface area contributed by atoms with Crippen LogP contribution in [-0.4, -0.2) is 37.5 Å². The lowest BCUT2D eigenvalue weighted by atomic mass is 10.1. The summed E-state index contributed by atoms with van der Waals surface area (Å²) in [4.78, 5) is 26.3. The normalized spacial score (nSPS) is 18.0. The van der Waals surface area contributed by atoms with Crippen molar-refractivity contribution >= 4 is 17.5 Å². The Balaban J connectivity index is 2.00. The molecule has 1 saturated heterocycles. The van der Waals surface area contributed by atoms with Gasteiger partial charge in [0.1, 0.15) is 6.04 Å². The first-order valence-electron chi connectivity index (χ1n) is 8.40. The molecule has 2 amide bonds. The van der Waals surface area contributed by atoms with Crippen molar-refractivity contribution in [2.24, 2.45) is 0 Å². The van der Waals surface area contributed by atoms with Crippen LogP contribution in [0, 0.1) is 13.8 Å². The number of hydrogen-bond acceptors (Lipinski definition) is 3. The van der Waals surface area contributed by atoms with Crippen LogP contribution in [0.2, 0.25) is 0 Å². The summed E-state index contributed by atoms with van der Waals surface area (Å²) in [6.07, 6.45) is 2.65. The number of aryl methyl sites for hydroxylation is 2. The SMILES string of the molecule is CCN(CC(=O)N[C@@H]1CCCCNC1=O)c1ccc(C)cc1C. The molecule has 0 unspecified atom stereocenters. The number of nitrogens with one attached hydrogen (secondary N) is 2. The van der Waals surface area contributed by atoms with Gasteiger partial charge in [-0.25, -0.2) is 0 Å². The van der Waals surface area contributed by atoms with Crippen molar-refractivity contribution in [1.29, 1.82) is 0 Å². The molecule has 1 aliphatic rings. The molecule has 0 spiro atoms. The number of rotatable bonds is 5. The van der Waals surface area contributed by atoms with Gasteiger partial charge in [-0.3, -0.25) is 9.59 Å². The predicted molar refractivity (Wildman–Crippen MR) is 92.6 cm³/mol. The molecule has 23 heavy (non-hydrogen) atoms. The molecule has 2 N–H and O–H groups in total. The van der Waals surface area contributed by atoms with Gasteiger partial charge in [0, 0.05) is 18.8 Å². The third kappa shape index (κ3) is 4.71. The number of carbonyl (C=O) groups excluding carboxylic acids is 2. The lowest BCUT2D eigenvalue weighted by molar-refractivity contribution is -0.128. The molecule has 0 saturated carbocycles. The van der Waals surface area contributed by atoms with Gasteiger partial charge in [-0.05, 0) is 51.7 Å². The molecule has 0 aliphatic carbocycles. The van der Waals surface area contributed by atoms with E-state index in [4.69, 9.17) is 0 Å². The molecule has 0 aromatic heterocycles. The van der Waals surface area contributed by atoms with E-state index in [1.54, 1.807) is 0 Å². The first kappa shape index (κ1) is 17.3. The van der Waals surface area contributed by atoms with Gasteiger partial charge in [0.15, 0.2) is 0 Å². The van der Waals surface area contributed by atoms with Crippen LogP contribution in [-0.2, 0) is 9.59 Å². The van der Waals surface area contributed by atoms with Crippen LogP contribution in [0.25, 0.3) is 0 Å². The second kappa shape index (κ2) is 7.99. The van der Waals surface area contributed by atoms with E-state index in [2.05, 4.69) is 42.7 Å². The van der Waals surface area contributed by atoms with E-state index in [1.807, 2.05) is 11.8 Å². The molecule has 0 bridgehead atoms. The van der Waals surface area contributed by atoms with Gasteiger partial charge in [-0.2, -0.15) is 0 Å². The Morgan fingerprint density at radius 1 is 1.35 bits per heavy atom. The number of hydrogen-bond donors (Lipinski definition) is 2. The fourth-order valence-corrected chi connectivity index (χ4v) is 3.02. The van der Waals surface area contributed by atoms with Gasteiger partial charge < -0.3 is 15.5 Å². The summed E-state index contributed by atoms with van der Waals surface area (Å²) in [6, 6.07) is 5.83. The van der Waals surface area contributed by atoms with Gasteiger partial charge >= 0.3 is 0 Å². The zero-order valence-electron chi connectivity index (χ0n) is 14.3. The van der Waals surface area contributed by atoms with Crippen molar-refractivity contribution in [2.75, 3.05) is 24.5 Å². The van der Waals surface area contributed by atoms with Crippen LogP contribution in [0.1, 0.15) is 37.3 Å². The monoisotopic (exact) mass is 317 g/mol. The lowest BCUT2D eigenvalue weighted by Gasteiger charge is -2.25. The van der Waals surface area contributed by atoms with E-state index in [9.17, 15) is 9.59 Å². The minimum atomic E-state index is -0.400. The minimum absolute atomic E-state index is 0.0644. The Labute approximate surface area is 138 Å². The Morgan fingerprint density at radius 2 is 2.13 bits per heavy atom. The van der Waals surface area contributed by atoms with Crippen LogP contribution in [0.3, 0.4) is 0 Å². The van der Waals surface area contributed by atoms with Crippen LogP contribution < -0.4 is 15.5 Å². The maximum Gasteiger partial charge on any atom is 0.242 e. The van der Waals surface area contributed by atoms with Crippen LogP contribution >= 0.6 is 0 Å². The third-order valence-electron chi connectivity index (χ3n) is 4.28. The molecule has 0 radical (unpaired) electrons. The van der Waals surface area contributed by atoms with E-state index in [0.717, 1.165) is 30.6 Å². The lowest BCUT2D eigenvalue weighted by Crippen LogP contribution is -2.48. The topological polar surface area (TPSA) is 61.4 Å². The average Bonchev–Trinajstić information content (AvgIpc) is 2.70. The molecular formula is C18H27N3O2. The van der Waals surface area contributed by atoms with Crippen molar-refractivity contribution < 1.29 is 9.59 Å². The van der Waals surface area contributed by atoms with Crippen molar-refractivity contribution in [3.05, 3.63) is 29.3 Å². The quantitative estimate of drug-likeness (QED) is 0.872. The standard InChI is InChI=1S/C18H27N3O2/c1-4-21(16-9-8-13(2)11-14(16)3)12-17(22)20-15-7-5-6-10-19-18(15)23/h8-9,11,15H,4-7,10,12H2,1-3H3,(H,19,23)(H,20,22)/t15-/m1/s1. The highest BCUT2D eigenvalue weighted by atomic mass is 16.2. The molecule has 5 heteroatoms. The molecule has 5 nitrogen and oxygen atoms in total. The highest BCUT2D eigenvalue weighted by Crippen LogP contribution is 2.20. The second-order valence-electron chi connectivity index (χ2n) is 6.21. The largest absolute Gasteiger partial charge is 0.362 e. The molecule has 1 atom stereocenters.